The van der Waals surface area contributed by atoms with Crippen molar-refractivity contribution in [3.8, 4) is 0 Å². The van der Waals surface area contributed by atoms with Gasteiger partial charge >= 0.3 is 0 Å². The normalized spacial score (nSPS) is 51.6. The van der Waals surface area contributed by atoms with Crippen LogP contribution >= 0.6 is 0 Å². The molecular weight excluding hydrogens is 548 g/mol. The molecule has 0 aromatic rings. The van der Waals surface area contributed by atoms with Gasteiger partial charge in [0.25, 0.3) is 0 Å². The van der Waals surface area contributed by atoms with E-state index >= 15 is 0 Å². The lowest BCUT2D eigenvalue weighted by Gasteiger charge is -2.45. The maximum Gasteiger partial charge on any atom is 0.187 e. The van der Waals surface area contributed by atoms with Crippen LogP contribution in [0.25, 0.3) is 0 Å². The summed E-state index contributed by atoms with van der Waals surface area (Å²) in [4.78, 5) is 0. The van der Waals surface area contributed by atoms with E-state index in [2.05, 4.69) is 0 Å². The molecule has 1 unspecified atom stereocenters. The number of aliphatic hydroxyl groups is 5. The molecule has 0 aromatic heterocycles. The number of ether oxygens (including phenoxy) is 6. The highest BCUT2D eigenvalue weighted by atomic mass is 16.8. The zero-order valence-corrected chi connectivity index (χ0v) is 22.8. The second-order valence-corrected chi connectivity index (χ2v) is 11.2. The van der Waals surface area contributed by atoms with Crippen LogP contribution in [-0.2, 0) is 28.4 Å². The molecular formula is C24H46N6O11. The quantitative estimate of drug-likeness (QED) is 0.110. The van der Waals surface area contributed by atoms with Gasteiger partial charge < -0.3 is 88.4 Å². The third kappa shape index (κ3) is 6.92. The maximum absolute atomic E-state index is 11.1. The van der Waals surface area contributed by atoms with Crippen LogP contribution in [0.15, 0.2) is 12.2 Å². The SMILES string of the molecule is C[C@H](N)[C@@H]1C=C[C@@H](N)[C@@H](O[C@H]2[C@H](O[C@@H]3O[C@H](CO)[C@@H](OC4O[C@@H](CN)[C@@H](O)[C@H](O)[C@H]4N)[C@H]3O)[C@@H](O)[C@H](N)C[C@@H]2N)O1. The summed E-state index contributed by atoms with van der Waals surface area (Å²) in [6.07, 6.45) is -11.8. The molecule has 41 heavy (non-hydrogen) atoms. The van der Waals surface area contributed by atoms with Gasteiger partial charge in [-0.2, -0.15) is 0 Å². The second kappa shape index (κ2) is 13.8. The van der Waals surface area contributed by atoms with Crippen molar-refractivity contribution in [2.45, 2.75) is 123 Å². The molecule has 3 aliphatic heterocycles. The third-order valence-corrected chi connectivity index (χ3v) is 8.04. The molecule has 0 bridgehead atoms. The Bertz CT molecular complexity index is 876. The summed E-state index contributed by atoms with van der Waals surface area (Å²) in [6, 6.07) is -3.73. The van der Waals surface area contributed by atoms with Crippen LogP contribution in [0.1, 0.15) is 13.3 Å². The van der Waals surface area contributed by atoms with Crippen LogP contribution in [0.5, 0.6) is 0 Å². The molecule has 1 aliphatic carbocycles. The Hall–Kier alpha value is -0.940. The molecule has 0 amide bonds. The van der Waals surface area contributed by atoms with E-state index < -0.39 is 111 Å². The zero-order valence-electron chi connectivity index (χ0n) is 22.8. The topological polar surface area (TPSA) is 313 Å². The van der Waals surface area contributed by atoms with E-state index in [4.69, 9.17) is 62.8 Å². The van der Waals surface area contributed by atoms with E-state index in [1.54, 1.807) is 19.1 Å². The molecule has 1 saturated carbocycles. The van der Waals surface area contributed by atoms with Gasteiger partial charge in [-0.25, -0.2) is 0 Å². The fraction of sp³-hybridized carbons (Fsp3) is 0.917. The molecule has 17 nitrogen and oxygen atoms in total. The van der Waals surface area contributed by atoms with Gasteiger partial charge in [0.2, 0.25) is 0 Å². The predicted molar refractivity (Wildman–Crippen MR) is 140 cm³/mol. The molecule has 17 N–H and O–H groups in total. The molecule has 2 saturated heterocycles. The minimum Gasteiger partial charge on any atom is -0.394 e. The Balaban J connectivity index is 1.49. The highest BCUT2D eigenvalue weighted by Gasteiger charge is 2.53. The van der Waals surface area contributed by atoms with Crippen LogP contribution in [0.3, 0.4) is 0 Å². The molecule has 238 valence electrons. The number of nitrogens with two attached hydrogens (primary N) is 6. The summed E-state index contributed by atoms with van der Waals surface area (Å²) in [5.74, 6) is 0. The number of hydrogen-bond acceptors (Lipinski definition) is 17. The molecule has 17 heteroatoms. The van der Waals surface area contributed by atoms with Gasteiger partial charge in [0, 0.05) is 24.7 Å². The van der Waals surface area contributed by atoms with Crippen molar-refractivity contribution < 1.29 is 54.0 Å². The van der Waals surface area contributed by atoms with Crippen molar-refractivity contribution >= 4 is 0 Å². The Morgan fingerprint density at radius 2 is 1.39 bits per heavy atom. The minimum atomic E-state index is -1.54. The molecule has 4 rings (SSSR count). The molecule has 3 fully saturated rings. The van der Waals surface area contributed by atoms with Crippen LogP contribution in [-0.4, -0.2) is 149 Å². The van der Waals surface area contributed by atoms with Crippen molar-refractivity contribution in [2.24, 2.45) is 34.4 Å². The molecule has 0 spiro atoms. The monoisotopic (exact) mass is 594 g/mol. The van der Waals surface area contributed by atoms with E-state index in [0.29, 0.717) is 0 Å². The fourth-order valence-electron chi connectivity index (χ4n) is 5.51. The van der Waals surface area contributed by atoms with Gasteiger partial charge in [-0.15, -0.1) is 0 Å². The van der Waals surface area contributed by atoms with Crippen LogP contribution < -0.4 is 34.4 Å². The van der Waals surface area contributed by atoms with Crippen molar-refractivity contribution in [3.05, 3.63) is 12.2 Å². The average Bonchev–Trinajstić information content (AvgIpc) is 3.23. The molecule has 0 radical (unpaired) electrons. The standard InChI is InChI=1S/C24H46N6O11/c1-7(26)11-3-2-8(27)22(36-11)39-19-10(29)4-9(28)15(32)21(19)41-24-18(35)20(13(6-31)38-24)40-23-14(30)17(34)16(33)12(5-25)37-23/h2-3,7-24,31-35H,4-6,25-30H2,1H3/t7-,8+,9+,10-,11-,12-,13+,14+,15-,16+,17+,18+,19+,20+,21+,22+,23?,24-/m0/s1. The van der Waals surface area contributed by atoms with E-state index in [0.717, 1.165) is 0 Å². The van der Waals surface area contributed by atoms with E-state index in [1.165, 1.54) is 0 Å². The van der Waals surface area contributed by atoms with Crippen molar-refractivity contribution in [2.75, 3.05) is 13.2 Å². The summed E-state index contributed by atoms with van der Waals surface area (Å²) < 4.78 is 35.2. The van der Waals surface area contributed by atoms with Gasteiger partial charge in [0.15, 0.2) is 18.9 Å². The summed E-state index contributed by atoms with van der Waals surface area (Å²) >= 11 is 0. The van der Waals surface area contributed by atoms with Gasteiger partial charge in [0.1, 0.15) is 48.8 Å². The lowest BCUT2D eigenvalue weighted by molar-refractivity contribution is -0.284. The van der Waals surface area contributed by atoms with Gasteiger partial charge in [0.05, 0.1) is 30.9 Å². The summed E-state index contributed by atoms with van der Waals surface area (Å²) in [6.45, 7) is 1.03. The zero-order chi connectivity index (χ0) is 30.2. The van der Waals surface area contributed by atoms with Gasteiger partial charge in [-0.05, 0) is 13.3 Å². The first-order chi connectivity index (χ1) is 19.4. The lowest BCUT2D eigenvalue weighted by atomic mass is 9.84. The van der Waals surface area contributed by atoms with E-state index in [9.17, 15) is 25.5 Å². The molecule has 18 atom stereocenters. The summed E-state index contributed by atoms with van der Waals surface area (Å²) in [5.41, 5.74) is 36.2. The Kier molecular flexibility index (Phi) is 11.1. The maximum atomic E-state index is 11.1. The molecule has 0 aromatic carbocycles. The van der Waals surface area contributed by atoms with Crippen molar-refractivity contribution in [1.29, 1.82) is 0 Å². The van der Waals surface area contributed by atoms with Gasteiger partial charge in [-0.3, -0.25) is 0 Å². The largest absolute Gasteiger partial charge is 0.394 e. The first-order valence-corrected chi connectivity index (χ1v) is 13.8. The molecule has 4 aliphatic rings. The number of aliphatic hydroxyl groups excluding tert-OH is 5. The smallest absolute Gasteiger partial charge is 0.187 e. The Morgan fingerprint density at radius 1 is 0.756 bits per heavy atom. The van der Waals surface area contributed by atoms with E-state index in [-0.39, 0.29) is 19.0 Å². The van der Waals surface area contributed by atoms with Gasteiger partial charge in [-0.1, -0.05) is 12.2 Å². The third-order valence-electron chi connectivity index (χ3n) is 8.04. The fourth-order valence-corrected chi connectivity index (χ4v) is 5.51. The lowest BCUT2D eigenvalue weighted by Crippen LogP contribution is -2.65. The number of hydrogen-bond donors (Lipinski definition) is 11. The van der Waals surface area contributed by atoms with E-state index in [1.807, 2.05) is 0 Å². The second-order valence-electron chi connectivity index (χ2n) is 11.2. The number of rotatable bonds is 9. The van der Waals surface area contributed by atoms with Crippen molar-refractivity contribution in [1.82, 2.24) is 0 Å². The highest BCUT2D eigenvalue weighted by Crippen LogP contribution is 2.33. The Morgan fingerprint density at radius 3 is 2.02 bits per heavy atom. The summed E-state index contributed by atoms with van der Waals surface area (Å²) in [5, 5.41) is 52.5. The van der Waals surface area contributed by atoms with Crippen LogP contribution in [0.2, 0.25) is 0 Å². The average molecular weight is 595 g/mol. The predicted octanol–water partition coefficient (Wildman–Crippen LogP) is -6.67. The van der Waals surface area contributed by atoms with Crippen molar-refractivity contribution in [3.63, 3.8) is 0 Å². The first kappa shape index (κ1) is 33.0. The first-order valence-electron chi connectivity index (χ1n) is 13.8. The van der Waals surface area contributed by atoms with Crippen LogP contribution in [0, 0.1) is 0 Å². The molecule has 3 heterocycles. The minimum absolute atomic E-state index is 0.139. The van der Waals surface area contributed by atoms with Crippen LogP contribution in [0.4, 0.5) is 0 Å². The summed E-state index contributed by atoms with van der Waals surface area (Å²) in [7, 11) is 0. The Labute approximate surface area is 237 Å². The highest BCUT2D eigenvalue weighted by molar-refractivity contribution is 5.06.